The molecule has 5 heterocycles. The molecule has 0 unspecified atom stereocenters. The number of hydrazine groups is 1. The van der Waals surface area contributed by atoms with Crippen molar-refractivity contribution in [1.82, 2.24) is 25.3 Å². The molecule has 6 rings (SSSR count). The summed E-state index contributed by atoms with van der Waals surface area (Å²) < 4.78 is 31.5. The minimum atomic E-state index is -0.640. The molecule has 0 spiro atoms. The number of thiophene rings is 1. The highest BCUT2D eigenvalue weighted by molar-refractivity contribution is 7.23. The van der Waals surface area contributed by atoms with Crippen LogP contribution in [-0.4, -0.2) is 65.7 Å². The van der Waals surface area contributed by atoms with Crippen LogP contribution in [0.3, 0.4) is 0 Å². The highest BCUT2D eigenvalue weighted by Gasteiger charge is 2.28. The van der Waals surface area contributed by atoms with Gasteiger partial charge in [0.05, 0.1) is 15.6 Å². The van der Waals surface area contributed by atoms with Crippen LogP contribution < -0.4 is 21.1 Å². The number of hydrogen-bond acceptors (Lipinski definition) is 10. The Balaban J connectivity index is 1.58. The first-order valence-corrected chi connectivity index (χ1v) is 14.4. The Morgan fingerprint density at radius 3 is 2.80 bits per heavy atom. The number of anilines is 3. The van der Waals surface area contributed by atoms with E-state index in [0.717, 1.165) is 69.7 Å². The molecule has 0 saturated carbocycles. The van der Waals surface area contributed by atoms with Crippen LogP contribution >= 0.6 is 11.3 Å². The molecule has 0 bridgehead atoms. The molecule has 208 valence electrons. The third-order valence-electron chi connectivity index (χ3n) is 7.76. The fourth-order valence-corrected chi connectivity index (χ4v) is 6.71. The number of fused-ring (bicyclic) bond motifs is 2. The summed E-state index contributed by atoms with van der Waals surface area (Å²) in [5.41, 5.74) is 10.0. The number of nitrogens with zero attached hydrogens (tertiary/aromatic N) is 7. The van der Waals surface area contributed by atoms with E-state index in [4.69, 9.17) is 15.7 Å². The van der Waals surface area contributed by atoms with Gasteiger partial charge in [-0.25, -0.2) is 19.2 Å². The molecule has 12 heteroatoms. The van der Waals surface area contributed by atoms with E-state index in [2.05, 4.69) is 40.3 Å². The van der Waals surface area contributed by atoms with Crippen LogP contribution in [0.4, 0.5) is 25.5 Å². The van der Waals surface area contributed by atoms with E-state index < -0.39 is 11.6 Å². The quantitative estimate of drug-likeness (QED) is 0.368. The maximum atomic E-state index is 16.6. The molecule has 0 radical (unpaired) electrons. The number of pyridine rings is 1. The van der Waals surface area contributed by atoms with Gasteiger partial charge in [-0.1, -0.05) is 6.42 Å². The van der Waals surface area contributed by atoms with Crippen molar-refractivity contribution in [2.75, 3.05) is 55.4 Å². The van der Waals surface area contributed by atoms with Crippen molar-refractivity contribution in [3.05, 3.63) is 35.5 Å². The SMILES string of the molecule is C[C@H]1CN(C)CCCN1c1nc(N2CCCCCN2)c2cnc(-c3ccc(F)c4sc(N)c(C#N)c34)c(F)c2n1. The molecule has 2 aliphatic heterocycles. The number of likely N-dealkylation sites (N-methyl/N-ethyl adjacent to an activating group) is 1. The molecule has 2 aliphatic rings. The van der Waals surface area contributed by atoms with E-state index in [-0.39, 0.29) is 37.9 Å². The number of nitrogen functional groups attached to an aromatic ring is 1. The molecule has 3 aromatic heterocycles. The Morgan fingerprint density at radius 1 is 1.12 bits per heavy atom. The monoisotopic (exact) mass is 563 g/mol. The highest BCUT2D eigenvalue weighted by atomic mass is 32.1. The maximum Gasteiger partial charge on any atom is 0.228 e. The first kappa shape index (κ1) is 26.6. The Bertz CT molecular complexity index is 1620. The van der Waals surface area contributed by atoms with Crippen LogP contribution in [0.5, 0.6) is 0 Å². The number of nitrogens with two attached hydrogens (primary N) is 1. The number of benzene rings is 1. The third-order valence-corrected chi connectivity index (χ3v) is 8.79. The first-order chi connectivity index (χ1) is 19.4. The topological polar surface area (TPSA) is 110 Å². The van der Waals surface area contributed by atoms with E-state index >= 15 is 4.39 Å². The normalized spacial score (nSPS) is 19.1. The lowest BCUT2D eigenvalue weighted by Gasteiger charge is -2.30. The van der Waals surface area contributed by atoms with Gasteiger partial charge in [0.2, 0.25) is 5.95 Å². The van der Waals surface area contributed by atoms with Gasteiger partial charge in [0.25, 0.3) is 0 Å². The standard InChI is InChI=1S/C28H31F2N9S/c1-16-15-37(2)10-6-11-38(16)28-35-24-19(27(36-28)39-12-5-3-4-9-34-39)14-33-23(22(24)30)17-7-8-20(29)25-21(17)18(13-31)26(32)40-25/h7-8,14,16,34H,3-6,9-12,15,32H2,1-2H3/t16-/m0/s1. The predicted molar refractivity (Wildman–Crippen MR) is 155 cm³/mol. The number of aromatic nitrogens is 3. The minimum Gasteiger partial charge on any atom is -0.389 e. The van der Waals surface area contributed by atoms with Gasteiger partial charge in [-0.2, -0.15) is 10.2 Å². The van der Waals surface area contributed by atoms with Crippen LogP contribution in [0.15, 0.2) is 18.3 Å². The molecule has 2 saturated heterocycles. The van der Waals surface area contributed by atoms with Crippen LogP contribution in [0.2, 0.25) is 0 Å². The summed E-state index contributed by atoms with van der Waals surface area (Å²) in [6.45, 7) is 6.21. The Labute approximate surface area is 235 Å². The van der Waals surface area contributed by atoms with Crippen molar-refractivity contribution in [1.29, 1.82) is 5.26 Å². The summed E-state index contributed by atoms with van der Waals surface area (Å²) in [4.78, 5) is 18.7. The van der Waals surface area contributed by atoms with Crippen molar-refractivity contribution < 1.29 is 8.78 Å². The summed E-state index contributed by atoms with van der Waals surface area (Å²) in [5, 5.41) is 12.7. The van der Waals surface area contributed by atoms with Gasteiger partial charge in [-0.15, -0.1) is 11.3 Å². The summed E-state index contributed by atoms with van der Waals surface area (Å²) >= 11 is 0.974. The lowest BCUT2D eigenvalue weighted by molar-refractivity contribution is 0.337. The zero-order chi connectivity index (χ0) is 28.0. The largest absolute Gasteiger partial charge is 0.389 e. The van der Waals surface area contributed by atoms with Gasteiger partial charge in [0.1, 0.15) is 28.1 Å². The van der Waals surface area contributed by atoms with Crippen LogP contribution in [-0.2, 0) is 0 Å². The average molecular weight is 564 g/mol. The van der Waals surface area contributed by atoms with E-state index in [1.807, 2.05) is 5.01 Å². The number of nitriles is 1. The first-order valence-electron chi connectivity index (χ1n) is 13.6. The molecule has 9 nitrogen and oxygen atoms in total. The number of rotatable bonds is 3. The second-order valence-corrected chi connectivity index (χ2v) is 11.6. The number of hydrogen-bond donors (Lipinski definition) is 2. The van der Waals surface area contributed by atoms with Gasteiger partial charge in [-0.3, -0.25) is 9.99 Å². The second-order valence-electron chi connectivity index (χ2n) is 10.6. The summed E-state index contributed by atoms with van der Waals surface area (Å²) in [6.07, 6.45) is 5.64. The Hall–Kier alpha value is -3.66. The lowest BCUT2D eigenvalue weighted by Crippen LogP contribution is -2.41. The fraction of sp³-hybridized carbons (Fsp3) is 0.429. The lowest BCUT2D eigenvalue weighted by atomic mass is 10.0. The van der Waals surface area contributed by atoms with Crippen molar-refractivity contribution in [3.63, 3.8) is 0 Å². The molecule has 3 N–H and O–H groups in total. The van der Waals surface area contributed by atoms with Gasteiger partial charge in [0, 0.05) is 49.4 Å². The summed E-state index contributed by atoms with van der Waals surface area (Å²) in [6, 6.07) is 4.89. The average Bonchev–Trinajstić information content (AvgIpc) is 3.09. The zero-order valence-electron chi connectivity index (χ0n) is 22.5. The molecule has 2 fully saturated rings. The second kappa shape index (κ2) is 10.7. The third kappa shape index (κ3) is 4.58. The minimum absolute atomic E-state index is 0.00475. The Morgan fingerprint density at radius 2 is 1.98 bits per heavy atom. The molecule has 0 aliphatic carbocycles. The summed E-state index contributed by atoms with van der Waals surface area (Å²) in [5.74, 6) is -0.101. The molecule has 0 amide bonds. The van der Waals surface area contributed by atoms with Crippen molar-refractivity contribution in [2.45, 2.75) is 38.6 Å². The molecular formula is C28H31F2N9S. The molecule has 4 aromatic rings. The molecule has 40 heavy (non-hydrogen) atoms. The van der Waals surface area contributed by atoms with Crippen molar-refractivity contribution >= 4 is 49.1 Å². The predicted octanol–water partition coefficient (Wildman–Crippen LogP) is 4.66. The number of halogens is 2. The van der Waals surface area contributed by atoms with E-state index in [1.54, 1.807) is 6.20 Å². The van der Waals surface area contributed by atoms with E-state index in [1.165, 1.54) is 12.1 Å². The van der Waals surface area contributed by atoms with Gasteiger partial charge in [-0.05, 0) is 51.9 Å². The Kier molecular flexibility index (Phi) is 7.12. The fourth-order valence-electron chi connectivity index (χ4n) is 5.76. The molecular weight excluding hydrogens is 532 g/mol. The maximum absolute atomic E-state index is 16.6. The van der Waals surface area contributed by atoms with Crippen molar-refractivity contribution in [2.24, 2.45) is 0 Å². The van der Waals surface area contributed by atoms with Crippen LogP contribution in [0.1, 0.15) is 38.2 Å². The highest BCUT2D eigenvalue weighted by Crippen LogP contribution is 2.42. The van der Waals surface area contributed by atoms with Gasteiger partial charge >= 0.3 is 0 Å². The zero-order valence-corrected chi connectivity index (χ0v) is 23.4. The van der Waals surface area contributed by atoms with Gasteiger partial charge in [0.15, 0.2) is 11.6 Å². The molecule has 1 atom stereocenters. The van der Waals surface area contributed by atoms with E-state index in [0.29, 0.717) is 22.7 Å². The van der Waals surface area contributed by atoms with Crippen LogP contribution in [0.25, 0.3) is 32.2 Å². The summed E-state index contributed by atoms with van der Waals surface area (Å²) in [7, 11) is 2.10. The van der Waals surface area contributed by atoms with Crippen molar-refractivity contribution in [3.8, 4) is 17.3 Å². The van der Waals surface area contributed by atoms with E-state index in [9.17, 15) is 9.65 Å². The number of nitrogens with one attached hydrogen (secondary N) is 1. The molecule has 1 aromatic carbocycles. The smallest absolute Gasteiger partial charge is 0.228 e. The van der Waals surface area contributed by atoms with Gasteiger partial charge < -0.3 is 15.5 Å². The van der Waals surface area contributed by atoms with Crippen LogP contribution in [0, 0.1) is 23.0 Å².